The minimum atomic E-state index is -0.389. The number of carbonyl (C=O) groups is 2. The van der Waals surface area contributed by atoms with E-state index in [-0.39, 0.29) is 29.8 Å². The Bertz CT molecular complexity index is 706. The van der Waals surface area contributed by atoms with Crippen LogP contribution in [-0.4, -0.2) is 36.4 Å². The van der Waals surface area contributed by atoms with Gasteiger partial charge < -0.3 is 15.0 Å². The van der Waals surface area contributed by atoms with Crippen molar-refractivity contribution in [3.05, 3.63) is 29.3 Å². The fraction of sp³-hybridized carbons (Fsp3) is 0.524. The van der Waals surface area contributed by atoms with Crippen LogP contribution in [0.1, 0.15) is 57.2 Å². The molecule has 0 spiro atoms. The summed E-state index contributed by atoms with van der Waals surface area (Å²) in [5.74, 6) is 3.44. The number of hydrogen-bond acceptors (Lipinski definition) is 3. The van der Waals surface area contributed by atoms with E-state index in [2.05, 4.69) is 11.2 Å². The molecule has 1 N–H and O–H groups in total. The number of likely N-dealkylation sites (tertiary alicyclic amines) is 1. The number of terminal acetylenes is 1. The van der Waals surface area contributed by atoms with E-state index in [1.807, 2.05) is 32.9 Å². The van der Waals surface area contributed by atoms with E-state index in [4.69, 9.17) is 11.2 Å². The SMILES string of the molecule is C#Cc1ccc(C(C)NC(=O)C2CCCN2C(=O)CC(C)C)c(OC)c1. The van der Waals surface area contributed by atoms with Crippen LogP contribution in [0.25, 0.3) is 0 Å². The van der Waals surface area contributed by atoms with Gasteiger partial charge >= 0.3 is 0 Å². The zero-order valence-corrected chi connectivity index (χ0v) is 16.0. The van der Waals surface area contributed by atoms with Gasteiger partial charge in [0.15, 0.2) is 0 Å². The first kappa shape index (κ1) is 19.8. The summed E-state index contributed by atoms with van der Waals surface area (Å²) in [5.41, 5.74) is 1.59. The highest BCUT2D eigenvalue weighted by Crippen LogP contribution is 2.27. The lowest BCUT2D eigenvalue weighted by molar-refractivity contribution is -0.139. The van der Waals surface area contributed by atoms with Crippen molar-refractivity contribution in [1.82, 2.24) is 10.2 Å². The first-order valence-corrected chi connectivity index (χ1v) is 9.11. The number of hydrogen-bond donors (Lipinski definition) is 1. The molecule has 26 heavy (non-hydrogen) atoms. The zero-order chi connectivity index (χ0) is 19.3. The van der Waals surface area contributed by atoms with Gasteiger partial charge in [-0.2, -0.15) is 0 Å². The van der Waals surface area contributed by atoms with E-state index in [0.717, 1.165) is 17.5 Å². The molecule has 5 nitrogen and oxygen atoms in total. The molecular weight excluding hydrogens is 328 g/mol. The quantitative estimate of drug-likeness (QED) is 0.798. The second-order valence-corrected chi connectivity index (χ2v) is 7.17. The lowest BCUT2D eigenvalue weighted by Crippen LogP contribution is -2.46. The van der Waals surface area contributed by atoms with Gasteiger partial charge in [-0.25, -0.2) is 0 Å². The fourth-order valence-corrected chi connectivity index (χ4v) is 3.35. The molecule has 0 aromatic heterocycles. The van der Waals surface area contributed by atoms with Crippen LogP contribution in [0.2, 0.25) is 0 Å². The van der Waals surface area contributed by atoms with Crippen LogP contribution in [-0.2, 0) is 9.59 Å². The summed E-state index contributed by atoms with van der Waals surface area (Å²) >= 11 is 0. The molecule has 140 valence electrons. The van der Waals surface area contributed by atoms with E-state index >= 15 is 0 Å². The Morgan fingerprint density at radius 1 is 1.38 bits per heavy atom. The maximum atomic E-state index is 12.8. The molecule has 1 aromatic carbocycles. The van der Waals surface area contributed by atoms with E-state index < -0.39 is 0 Å². The lowest BCUT2D eigenvalue weighted by Gasteiger charge is -2.26. The molecule has 2 unspecified atom stereocenters. The van der Waals surface area contributed by atoms with E-state index in [9.17, 15) is 9.59 Å². The molecule has 0 saturated carbocycles. The summed E-state index contributed by atoms with van der Waals surface area (Å²) in [6.07, 6.45) is 7.46. The number of amides is 2. The molecule has 0 aliphatic carbocycles. The van der Waals surface area contributed by atoms with E-state index in [1.165, 1.54) is 0 Å². The third-order valence-corrected chi connectivity index (χ3v) is 4.68. The Balaban J connectivity index is 2.09. The van der Waals surface area contributed by atoms with Crippen LogP contribution in [0.4, 0.5) is 0 Å². The van der Waals surface area contributed by atoms with Crippen molar-refractivity contribution in [2.45, 2.75) is 52.1 Å². The Morgan fingerprint density at radius 2 is 2.12 bits per heavy atom. The van der Waals surface area contributed by atoms with Crippen molar-refractivity contribution in [1.29, 1.82) is 0 Å². The van der Waals surface area contributed by atoms with Crippen LogP contribution >= 0.6 is 0 Å². The summed E-state index contributed by atoms with van der Waals surface area (Å²) in [4.78, 5) is 26.9. The van der Waals surface area contributed by atoms with Gasteiger partial charge in [0.05, 0.1) is 13.2 Å². The predicted octanol–water partition coefficient (Wildman–Crippen LogP) is 2.89. The third kappa shape index (κ3) is 4.57. The maximum absolute atomic E-state index is 12.8. The summed E-state index contributed by atoms with van der Waals surface area (Å²) < 4.78 is 5.41. The molecule has 1 aliphatic rings. The Labute approximate surface area is 156 Å². The Morgan fingerprint density at radius 3 is 2.73 bits per heavy atom. The van der Waals surface area contributed by atoms with E-state index in [1.54, 1.807) is 18.1 Å². The molecule has 2 amide bonds. The summed E-state index contributed by atoms with van der Waals surface area (Å²) in [5, 5.41) is 3.02. The standard InChI is InChI=1S/C21H28N2O3/c1-6-16-9-10-17(19(13-16)26-5)15(4)22-21(25)18-8-7-11-23(18)20(24)12-14(2)3/h1,9-10,13-15,18H,7-8,11-12H2,2-5H3,(H,22,25). The van der Waals surface area contributed by atoms with Crippen molar-refractivity contribution in [3.8, 4) is 18.1 Å². The number of rotatable bonds is 6. The molecule has 2 rings (SSSR count). The van der Waals surface area contributed by atoms with Gasteiger partial charge in [-0.3, -0.25) is 9.59 Å². The largest absolute Gasteiger partial charge is 0.496 e. The normalized spacial score (nSPS) is 17.7. The van der Waals surface area contributed by atoms with Gasteiger partial charge in [-0.05, 0) is 37.8 Å². The number of nitrogens with one attached hydrogen (secondary N) is 1. The molecular formula is C21H28N2O3. The van der Waals surface area contributed by atoms with Crippen molar-refractivity contribution < 1.29 is 14.3 Å². The number of methoxy groups -OCH3 is 1. The molecule has 0 bridgehead atoms. The van der Waals surface area contributed by atoms with Crippen LogP contribution in [0, 0.1) is 18.3 Å². The zero-order valence-electron chi connectivity index (χ0n) is 16.0. The van der Waals surface area contributed by atoms with Crippen molar-refractivity contribution >= 4 is 11.8 Å². The predicted molar refractivity (Wildman–Crippen MR) is 102 cm³/mol. The smallest absolute Gasteiger partial charge is 0.243 e. The van der Waals surface area contributed by atoms with Gasteiger partial charge in [0.25, 0.3) is 0 Å². The van der Waals surface area contributed by atoms with Crippen molar-refractivity contribution in [3.63, 3.8) is 0 Å². The van der Waals surface area contributed by atoms with Crippen LogP contribution < -0.4 is 10.1 Å². The first-order valence-electron chi connectivity index (χ1n) is 9.11. The maximum Gasteiger partial charge on any atom is 0.243 e. The average molecular weight is 356 g/mol. The van der Waals surface area contributed by atoms with Gasteiger partial charge in [0.1, 0.15) is 11.8 Å². The highest BCUT2D eigenvalue weighted by Gasteiger charge is 2.34. The molecule has 1 aromatic rings. The number of ether oxygens (including phenoxy) is 1. The summed E-state index contributed by atoms with van der Waals surface area (Å²) in [6, 6.07) is 4.85. The third-order valence-electron chi connectivity index (χ3n) is 4.68. The second-order valence-electron chi connectivity index (χ2n) is 7.17. The Hall–Kier alpha value is -2.48. The number of nitrogens with zero attached hydrogens (tertiary/aromatic N) is 1. The molecule has 2 atom stereocenters. The summed E-state index contributed by atoms with van der Waals surface area (Å²) in [6.45, 7) is 6.58. The van der Waals surface area contributed by atoms with Crippen LogP contribution in [0.3, 0.4) is 0 Å². The van der Waals surface area contributed by atoms with Gasteiger partial charge in [-0.1, -0.05) is 25.8 Å². The molecule has 5 heteroatoms. The van der Waals surface area contributed by atoms with Crippen molar-refractivity contribution in [2.24, 2.45) is 5.92 Å². The molecule has 1 saturated heterocycles. The highest BCUT2D eigenvalue weighted by atomic mass is 16.5. The minimum absolute atomic E-state index is 0.0567. The number of benzene rings is 1. The average Bonchev–Trinajstić information content (AvgIpc) is 3.10. The van der Waals surface area contributed by atoms with Gasteiger partial charge in [0.2, 0.25) is 11.8 Å². The molecule has 0 radical (unpaired) electrons. The monoisotopic (exact) mass is 356 g/mol. The number of carbonyl (C=O) groups excluding carboxylic acids is 2. The van der Waals surface area contributed by atoms with Gasteiger partial charge in [0, 0.05) is 24.1 Å². The Kier molecular flexibility index (Phi) is 6.68. The molecule has 1 fully saturated rings. The highest BCUT2D eigenvalue weighted by molar-refractivity contribution is 5.88. The first-order chi connectivity index (χ1) is 12.4. The van der Waals surface area contributed by atoms with Gasteiger partial charge in [-0.15, -0.1) is 6.42 Å². The van der Waals surface area contributed by atoms with E-state index in [0.29, 0.717) is 25.1 Å². The molecule has 1 aliphatic heterocycles. The fourth-order valence-electron chi connectivity index (χ4n) is 3.35. The van der Waals surface area contributed by atoms with Crippen molar-refractivity contribution in [2.75, 3.05) is 13.7 Å². The molecule has 1 heterocycles. The van der Waals surface area contributed by atoms with Crippen LogP contribution in [0.15, 0.2) is 18.2 Å². The topological polar surface area (TPSA) is 58.6 Å². The van der Waals surface area contributed by atoms with Crippen LogP contribution in [0.5, 0.6) is 5.75 Å². The summed E-state index contributed by atoms with van der Waals surface area (Å²) in [7, 11) is 1.58. The minimum Gasteiger partial charge on any atom is -0.496 e. The lowest BCUT2D eigenvalue weighted by atomic mass is 10.0. The second kappa shape index (κ2) is 8.75.